The second-order valence-electron chi connectivity index (χ2n) is 4.83. The average molecular weight is 370 g/mol. The maximum atomic E-state index is 12.8. The molecule has 25 heavy (non-hydrogen) atoms. The van der Waals surface area contributed by atoms with Gasteiger partial charge in [-0.1, -0.05) is 11.8 Å². The van der Waals surface area contributed by atoms with E-state index in [1.54, 1.807) is 0 Å². The molecule has 0 amide bonds. The number of thioether (sulfide) groups is 1. The fourth-order valence-corrected chi connectivity index (χ4v) is 2.77. The van der Waals surface area contributed by atoms with Gasteiger partial charge in [0.15, 0.2) is 5.82 Å². The van der Waals surface area contributed by atoms with Crippen LogP contribution in [-0.2, 0) is 12.4 Å². The predicted octanol–water partition coefficient (Wildman–Crippen LogP) is 2.59. The van der Waals surface area contributed by atoms with Gasteiger partial charge in [-0.15, -0.1) is 10.2 Å². The minimum atomic E-state index is -2.66. The summed E-state index contributed by atoms with van der Waals surface area (Å²) in [7, 11) is 0. The number of nitrogen functional groups attached to an aromatic ring is 1. The van der Waals surface area contributed by atoms with Gasteiger partial charge in [-0.05, 0) is 24.3 Å². The maximum Gasteiger partial charge on any atom is 0.319 e. The van der Waals surface area contributed by atoms with Crippen molar-refractivity contribution in [3.05, 3.63) is 54.1 Å². The first kappa shape index (κ1) is 17.1. The molecule has 0 unspecified atom stereocenters. The van der Waals surface area contributed by atoms with Crippen LogP contribution in [0.15, 0.2) is 41.8 Å². The number of nitrogens with zero attached hydrogens (tertiary/aromatic N) is 5. The molecule has 2 N–H and O–H groups in total. The molecule has 0 radical (unpaired) electrons. The summed E-state index contributed by atoms with van der Waals surface area (Å²) in [5, 5.41) is 8.14. The van der Waals surface area contributed by atoms with Gasteiger partial charge in [-0.3, -0.25) is 4.57 Å². The molecule has 0 atom stereocenters. The van der Waals surface area contributed by atoms with E-state index in [-0.39, 0.29) is 24.0 Å². The van der Waals surface area contributed by atoms with Crippen molar-refractivity contribution in [2.45, 2.75) is 24.1 Å². The van der Waals surface area contributed by atoms with E-state index in [1.165, 1.54) is 41.3 Å². The molecule has 3 aromatic rings. The van der Waals surface area contributed by atoms with Crippen LogP contribution in [0.4, 0.5) is 13.2 Å². The molecule has 3 rings (SSSR count). The summed E-state index contributed by atoms with van der Waals surface area (Å²) < 4.78 is 45.8. The summed E-state index contributed by atoms with van der Waals surface area (Å²) in [4.78, 5) is 3.88. The Morgan fingerprint density at radius 1 is 1.16 bits per heavy atom. The van der Waals surface area contributed by atoms with Gasteiger partial charge in [0.1, 0.15) is 24.0 Å². The Hall–Kier alpha value is -2.69. The van der Waals surface area contributed by atoms with Crippen LogP contribution < -0.4 is 10.6 Å². The number of alkyl halides is 2. The summed E-state index contributed by atoms with van der Waals surface area (Å²) >= 11 is 1.12. The van der Waals surface area contributed by atoms with Crippen LogP contribution >= 0.6 is 11.8 Å². The molecule has 0 aliphatic heterocycles. The van der Waals surface area contributed by atoms with Crippen molar-refractivity contribution in [1.29, 1.82) is 0 Å². The molecule has 0 bridgehead atoms. The van der Waals surface area contributed by atoms with Crippen LogP contribution in [0.1, 0.15) is 18.2 Å². The average Bonchev–Trinajstić information content (AvgIpc) is 3.19. The van der Waals surface area contributed by atoms with Gasteiger partial charge in [-0.25, -0.2) is 14.1 Å². The Bertz CT molecular complexity index is 835. The van der Waals surface area contributed by atoms with Crippen molar-refractivity contribution in [3.8, 4) is 5.75 Å². The van der Waals surface area contributed by atoms with Crippen LogP contribution in [0.2, 0.25) is 0 Å². The van der Waals surface area contributed by atoms with Crippen LogP contribution in [0.5, 0.6) is 5.75 Å². The monoisotopic (exact) mass is 370 g/mol. The number of benzene rings is 1. The summed E-state index contributed by atoms with van der Waals surface area (Å²) in [5.74, 6) is 6.67. The topological polar surface area (TPSA) is 83.8 Å². The van der Waals surface area contributed by atoms with Crippen LogP contribution in [0.25, 0.3) is 0 Å². The lowest BCUT2D eigenvalue weighted by Gasteiger charge is -2.07. The van der Waals surface area contributed by atoms with E-state index in [0.29, 0.717) is 16.7 Å². The van der Waals surface area contributed by atoms with Crippen LogP contribution in [0, 0.1) is 5.82 Å². The molecule has 132 valence electrons. The van der Waals surface area contributed by atoms with Crippen molar-refractivity contribution in [2.75, 3.05) is 5.84 Å². The number of ether oxygens (including phenoxy) is 1. The number of rotatable bonds is 7. The third-order valence-corrected chi connectivity index (χ3v) is 4.15. The third-order valence-electron chi connectivity index (χ3n) is 3.21. The Kier molecular flexibility index (Phi) is 5.12. The lowest BCUT2D eigenvalue weighted by Crippen LogP contribution is -2.16. The zero-order valence-corrected chi connectivity index (χ0v) is 13.5. The first-order valence-electron chi connectivity index (χ1n) is 7.05. The number of aromatic nitrogens is 5. The quantitative estimate of drug-likeness (QED) is 0.508. The SMILES string of the molecule is Nn1c(COc2ccc(F)cc2)nnc1SCc1nccn1C(F)F. The van der Waals surface area contributed by atoms with E-state index in [1.807, 2.05) is 0 Å². The molecule has 0 aliphatic rings. The van der Waals surface area contributed by atoms with Crippen molar-refractivity contribution in [3.63, 3.8) is 0 Å². The van der Waals surface area contributed by atoms with Crippen molar-refractivity contribution < 1.29 is 17.9 Å². The predicted molar refractivity (Wildman–Crippen MR) is 83.9 cm³/mol. The lowest BCUT2D eigenvalue weighted by molar-refractivity contribution is 0.0678. The summed E-state index contributed by atoms with van der Waals surface area (Å²) in [6.07, 6.45) is 2.51. The van der Waals surface area contributed by atoms with Gasteiger partial charge >= 0.3 is 6.55 Å². The molecular formula is C14H13F3N6OS. The first-order valence-corrected chi connectivity index (χ1v) is 8.03. The van der Waals surface area contributed by atoms with Crippen molar-refractivity contribution in [2.24, 2.45) is 0 Å². The van der Waals surface area contributed by atoms with E-state index < -0.39 is 6.55 Å². The fraction of sp³-hybridized carbons (Fsp3) is 0.214. The Balaban J connectivity index is 1.61. The Morgan fingerprint density at radius 2 is 1.92 bits per heavy atom. The lowest BCUT2D eigenvalue weighted by atomic mass is 10.3. The molecule has 11 heteroatoms. The Labute approximate surface area is 144 Å². The summed E-state index contributed by atoms with van der Waals surface area (Å²) in [5.41, 5.74) is 0. The highest BCUT2D eigenvalue weighted by molar-refractivity contribution is 7.98. The molecule has 0 fully saturated rings. The number of nitrogens with two attached hydrogens (primary N) is 1. The molecule has 2 aromatic heterocycles. The minimum absolute atomic E-state index is 0.0291. The molecule has 0 spiro atoms. The van der Waals surface area contributed by atoms with E-state index in [0.717, 1.165) is 16.3 Å². The van der Waals surface area contributed by atoms with Gasteiger partial charge in [0, 0.05) is 12.4 Å². The Morgan fingerprint density at radius 3 is 2.64 bits per heavy atom. The van der Waals surface area contributed by atoms with Crippen molar-refractivity contribution in [1.82, 2.24) is 24.4 Å². The molecule has 0 aliphatic carbocycles. The van der Waals surface area contributed by atoms with Crippen molar-refractivity contribution >= 4 is 11.8 Å². The fourth-order valence-electron chi connectivity index (χ4n) is 1.95. The highest BCUT2D eigenvalue weighted by Gasteiger charge is 2.15. The van der Waals surface area contributed by atoms with E-state index in [9.17, 15) is 13.2 Å². The zero-order valence-electron chi connectivity index (χ0n) is 12.7. The summed E-state index contributed by atoms with van der Waals surface area (Å²) in [6.45, 7) is -2.63. The van der Waals surface area contributed by atoms with Gasteiger partial charge < -0.3 is 10.6 Å². The second-order valence-corrected chi connectivity index (χ2v) is 5.77. The highest BCUT2D eigenvalue weighted by atomic mass is 32.2. The number of hydrogen-bond donors (Lipinski definition) is 1. The largest absolute Gasteiger partial charge is 0.486 e. The smallest absolute Gasteiger partial charge is 0.319 e. The minimum Gasteiger partial charge on any atom is -0.486 e. The molecule has 7 nitrogen and oxygen atoms in total. The molecule has 1 aromatic carbocycles. The van der Waals surface area contributed by atoms with Gasteiger partial charge in [0.25, 0.3) is 0 Å². The van der Waals surface area contributed by atoms with Crippen LogP contribution in [0.3, 0.4) is 0 Å². The number of hydrogen-bond acceptors (Lipinski definition) is 6. The van der Waals surface area contributed by atoms with Gasteiger partial charge in [0.2, 0.25) is 5.16 Å². The van der Waals surface area contributed by atoms with E-state index >= 15 is 0 Å². The second kappa shape index (κ2) is 7.47. The first-order chi connectivity index (χ1) is 12.0. The highest BCUT2D eigenvalue weighted by Crippen LogP contribution is 2.22. The van der Waals surface area contributed by atoms with Gasteiger partial charge in [-0.2, -0.15) is 8.78 Å². The zero-order chi connectivity index (χ0) is 17.8. The number of imidazole rings is 1. The maximum absolute atomic E-state index is 12.8. The van der Waals surface area contributed by atoms with E-state index in [4.69, 9.17) is 10.6 Å². The number of halogens is 3. The van der Waals surface area contributed by atoms with E-state index in [2.05, 4.69) is 15.2 Å². The molecular weight excluding hydrogens is 357 g/mol. The third kappa shape index (κ3) is 4.05. The normalized spacial score (nSPS) is 11.2. The van der Waals surface area contributed by atoms with Crippen LogP contribution in [-0.4, -0.2) is 24.4 Å². The standard InChI is InChI=1S/C14H13F3N6OS/c15-9-1-3-10(4-2-9)24-7-11-20-21-14(23(11)18)25-8-12-19-5-6-22(12)13(16)17/h1-6,13H,7-8,18H2. The van der Waals surface area contributed by atoms with Gasteiger partial charge in [0.05, 0.1) is 5.75 Å². The molecule has 0 saturated heterocycles. The molecule has 2 heterocycles. The summed E-state index contributed by atoms with van der Waals surface area (Å²) in [6, 6.07) is 5.50. The molecule has 0 saturated carbocycles.